The van der Waals surface area contributed by atoms with Crippen LogP contribution in [0.2, 0.25) is 0 Å². The molecule has 0 N–H and O–H groups in total. The van der Waals surface area contributed by atoms with E-state index in [0.29, 0.717) is 19.6 Å². The molecule has 2 aliphatic heterocycles. The zero-order valence-electron chi connectivity index (χ0n) is 15.0. The Kier molecular flexibility index (Phi) is 6.84. The lowest BCUT2D eigenvalue weighted by Crippen LogP contribution is -2.59. The molecule has 0 aromatic carbocycles. The van der Waals surface area contributed by atoms with E-state index in [1.54, 1.807) is 4.90 Å². The molecule has 2 amide bonds. The lowest BCUT2D eigenvalue weighted by molar-refractivity contribution is -0.151. The molecule has 6 heteroatoms. The highest BCUT2D eigenvalue weighted by Crippen LogP contribution is 2.17. The van der Waals surface area contributed by atoms with E-state index < -0.39 is 0 Å². The molecule has 0 aromatic rings. The summed E-state index contributed by atoms with van der Waals surface area (Å²) < 4.78 is 0. The number of unbranched alkanes of at least 4 members (excludes halogenated alkanes) is 1. The largest absolute Gasteiger partial charge is 0.342 e. The highest BCUT2D eigenvalue weighted by Gasteiger charge is 2.35. The molecule has 0 aromatic heterocycles. The Morgan fingerprint density at radius 3 is 2.61 bits per heavy atom. The van der Waals surface area contributed by atoms with Crippen LogP contribution in [0.5, 0.6) is 0 Å². The summed E-state index contributed by atoms with van der Waals surface area (Å²) in [7, 11) is 3.97. The minimum Gasteiger partial charge on any atom is -0.342 e. The Hall–Kier alpha value is -1.14. The topological polar surface area (TPSA) is 47.1 Å². The fourth-order valence-electron chi connectivity index (χ4n) is 3.43. The summed E-state index contributed by atoms with van der Waals surface area (Å²) in [5, 5.41) is 0. The number of hydrogen-bond acceptors (Lipinski definition) is 4. The van der Waals surface area contributed by atoms with Crippen LogP contribution in [0.15, 0.2) is 0 Å². The SMILES string of the molecule is CCCCC1C(=O)N(C)CCN1C(=O)CN1CCCN(C)CC1. The van der Waals surface area contributed by atoms with Crippen LogP contribution in [-0.2, 0) is 9.59 Å². The van der Waals surface area contributed by atoms with Gasteiger partial charge in [-0.25, -0.2) is 0 Å². The third-order valence-corrected chi connectivity index (χ3v) is 5.04. The van der Waals surface area contributed by atoms with Gasteiger partial charge in [-0.15, -0.1) is 0 Å². The normalized spacial score (nSPS) is 24.8. The van der Waals surface area contributed by atoms with Gasteiger partial charge in [-0.2, -0.15) is 0 Å². The molecule has 2 heterocycles. The first-order valence-electron chi connectivity index (χ1n) is 8.98. The average Bonchev–Trinajstić information content (AvgIpc) is 2.73. The zero-order chi connectivity index (χ0) is 16.8. The van der Waals surface area contributed by atoms with E-state index in [2.05, 4.69) is 23.8 Å². The van der Waals surface area contributed by atoms with Crippen LogP contribution in [0.3, 0.4) is 0 Å². The van der Waals surface area contributed by atoms with E-state index >= 15 is 0 Å². The van der Waals surface area contributed by atoms with E-state index in [1.807, 2.05) is 11.9 Å². The van der Waals surface area contributed by atoms with Crippen LogP contribution in [-0.4, -0.2) is 97.4 Å². The number of hydrogen-bond donors (Lipinski definition) is 0. The van der Waals surface area contributed by atoms with Crippen molar-refractivity contribution in [3.63, 3.8) is 0 Å². The number of nitrogens with zero attached hydrogens (tertiary/aromatic N) is 4. The second-order valence-corrected chi connectivity index (χ2v) is 6.94. The van der Waals surface area contributed by atoms with Gasteiger partial charge < -0.3 is 14.7 Å². The van der Waals surface area contributed by atoms with Crippen molar-refractivity contribution in [2.24, 2.45) is 0 Å². The molecule has 1 unspecified atom stereocenters. The maximum Gasteiger partial charge on any atom is 0.245 e. The Morgan fingerprint density at radius 1 is 1.09 bits per heavy atom. The van der Waals surface area contributed by atoms with Crippen LogP contribution in [0.4, 0.5) is 0 Å². The minimum atomic E-state index is -0.254. The number of carbonyl (C=O) groups excluding carboxylic acids is 2. The van der Waals surface area contributed by atoms with Crippen LogP contribution in [0.25, 0.3) is 0 Å². The van der Waals surface area contributed by atoms with Crippen LogP contribution >= 0.6 is 0 Å². The summed E-state index contributed by atoms with van der Waals surface area (Å²) in [5.41, 5.74) is 0. The van der Waals surface area contributed by atoms with E-state index in [9.17, 15) is 9.59 Å². The standard InChI is InChI=1S/C17H32N4O2/c1-4-5-7-15-17(23)19(3)11-13-21(15)16(22)14-20-9-6-8-18(2)10-12-20/h15H,4-14H2,1-3H3. The van der Waals surface area contributed by atoms with Gasteiger partial charge in [-0.3, -0.25) is 14.5 Å². The monoisotopic (exact) mass is 324 g/mol. The van der Waals surface area contributed by atoms with Gasteiger partial charge in [0.15, 0.2) is 0 Å². The van der Waals surface area contributed by atoms with Crippen molar-refractivity contribution in [3.8, 4) is 0 Å². The van der Waals surface area contributed by atoms with Gasteiger partial charge in [0.05, 0.1) is 6.54 Å². The molecule has 2 rings (SSSR count). The summed E-state index contributed by atoms with van der Waals surface area (Å²) in [6.45, 7) is 7.90. The fourth-order valence-corrected chi connectivity index (χ4v) is 3.43. The predicted molar refractivity (Wildman–Crippen MR) is 91.2 cm³/mol. The summed E-state index contributed by atoms with van der Waals surface area (Å²) in [6.07, 6.45) is 3.93. The highest BCUT2D eigenvalue weighted by molar-refractivity contribution is 5.89. The Bertz CT molecular complexity index is 415. The Morgan fingerprint density at radius 2 is 1.87 bits per heavy atom. The third-order valence-electron chi connectivity index (χ3n) is 5.04. The van der Waals surface area contributed by atoms with Crippen molar-refractivity contribution in [3.05, 3.63) is 0 Å². The summed E-state index contributed by atoms with van der Waals surface area (Å²) in [5.74, 6) is 0.228. The van der Waals surface area contributed by atoms with Crippen molar-refractivity contribution in [2.75, 3.05) is 59.9 Å². The lowest BCUT2D eigenvalue weighted by Gasteiger charge is -2.40. The molecule has 23 heavy (non-hydrogen) atoms. The van der Waals surface area contributed by atoms with Crippen molar-refractivity contribution in [1.82, 2.24) is 19.6 Å². The predicted octanol–water partition coefficient (Wildman–Crippen LogP) is 0.483. The molecule has 2 fully saturated rings. The minimum absolute atomic E-state index is 0.105. The van der Waals surface area contributed by atoms with Gasteiger partial charge in [0.1, 0.15) is 6.04 Å². The molecule has 2 saturated heterocycles. The number of likely N-dealkylation sites (N-methyl/N-ethyl adjacent to an activating group) is 2. The zero-order valence-corrected chi connectivity index (χ0v) is 15.0. The van der Waals surface area contributed by atoms with Crippen LogP contribution in [0.1, 0.15) is 32.6 Å². The quantitative estimate of drug-likeness (QED) is 0.738. The van der Waals surface area contributed by atoms with Crippen molar-refractivity contribution < 1.29 is 9.59 Å². The summed E-state index contributed by atoms with van der Waals surface area (Å²) in [4.78, 5) is 33.4. The number of amides is 2. The molecular weight excluding hydrogens is 292 g/mol. The second-order valence-electron chi connectivity index (χ2n) is 6.94. The first-order chi connectivity index (χ1) is 11.0. The first-order valence-corrected chi connectivity index (χ1v) is 8.98. The smallest absolute Gasteiger partial charge is 0.245 e. The molecule has 6 nitrogen and oxygen atoms in total. The number of rotatable bonds is 5. The molecular formula is C17H32N4O2. The van der Waals surface area contributed by atoms with Gasteiger partial charge in [0, 0.05) is 33.2 Å². The van der Waals surface area contributed by atoms with Gasteiger partial charge >= 0.3 is 0 Å². The molecule has 0 radical (unpaired) electrons. The maximum atomic E-state index is 12.8. The van der Waals surface area contributed by atoms with Gasteiger partial charge in [-0.05, 0) is 33.0 Å². The molecule has 0 spiro atoms. The molecule has 132 valence electrons. The lowest BCUT2D eigenvalue weighted by atomic mass is 10.0. The first kappa shape index (κ1) is 18.2. The van der Waals surface area contributed by atoms with Crippen LogP contribution in [0, 0.1) is 0 Å². The maximum absolute atomic E-state index is 12.8. The van der Waals surface area contributed by atoms with E-state index in [0.717, 1.165) is 51.9 Å². The van der Waals surface area contributed by atoms with Gasteiger partial charge in [0.25, 0.3) is 0 Å². The average molecular weight is 324 g/mol. The molecule has 1 atom stereocenters. The molecule has 0 saturated carbocycles. The molecule has 2 aliphatic rings. The molecule has 0 bridgehead atoms. The van der Waals surface area contributed by atoms with Crippen molar-refractivity contribution >= 4 is 11.8 Å². The highest BCUT2D eigenvalue weighted by atomic mass is 16.2. The third kappa shape index (κ3) is 4.91. The van der Waals surface area contributed by atoms with E-state index in [-0.39, 0.29) is 17.9 Å². The Balaban J connectivity index is 1.96. The van der Waals surface area contributed by atoms with Gasteiger partial charge in [0.2, 0.25) is 11.8 Å². The summed E-state index contributed by atoms with van der Waals surface area (Å²) >= 11 is 0. The van der Waals surface area contributed by atoms with E-state index in [4.69, 9.17) is 0 Å². The van der Waals surface area contributed by atoms with Crippen LogP contribution < -0.4 is 0 Å². The second kappa shape index (κ2) is 8.64. The Labute approximate surface area is 140 Å². The van der Waals surface area contributed by atoms with Crippen molar-refractivity contribution in [1.29, 1.82) is 0 Å². The number of piperazine rings is 1. The fraction of sp³-hybridized carbons (Fsp3) is 0.882. The van der Waals surface area contributed by atoms with Gasteiger partial charge in [-0.1, -0.05) is 19.8 Å². The van der Waals surface area contributed by atoms with Crippen molar-refractivity contribution in [2.45, 2.75) is 38.6 Å². The van der Waals surface area contributed by atoms with E-state index in [1.165, 1.54) is 0 Å². The number of carbonyl (C=O) groups is 2. The molecule has 0 aliphatic carbocycles. The summed E-state index contributed by atoms with van der Waals surface area (Å²) in [6, 6.07) is -0.254.